The summed E-state index contributed by atoms with van der Waals surface area (Å²) in [4.78, 5) is 0. The number of halogens is 1. The lowest BCUT2D eigenvalue weighted by Crippen LogP contribution is -2.40. The van der Waals surface area contributed by atoms with Crippen LogP contribution in [0.15, 0.2) is 28.7 Å². The Bertz CT molecular complexity index is 411. The first-order chi connectivity index (χ1) is 8.37. The molecule has 0 aliphatic carbocycles. The van der Waals surface area contributed by atoms with E-state index in [2.05, 4.69) is 66.3 Å². The Labute approximate surface area is 118 Å². The maximum Gasteiger partial charge on any atom is 0.0276 e. The molecular formula is C15H23BrN2. The normalized spacial score (nSPS) is 28.6. The van der Waals surface area contributed by atoms with Gasteiger partial charge in [0.2, 0.25) is 0 Å². The van der Waals surface area contributed by atoms with Crippen LogP contribution in [0.25, 0.3) is 0 Å². The number of nitrogens with one attached hydrogen (secondary N) is 1. The fourth-order valence-electron chi connectivity index (χ4n) is 2.78. The van der Waals surface area contributed by atoms with Crippen LogP contribution in [0, 0.1) is 5.41 Å². The average Bonchev–Trinajstić information content (AvgIpc) is 2.58. The van der Waals surface area contributed by atoms with Crippen LogP contribution >= 0.6 is 15.9 Å². The van der Waals surface area contributed by atoms with Gasteiger partial charge in [-0.25, -0.2) is 0 Å². The highest BCUT2D eigenvalue weighted by Crippen LogP contribution is 2.32. The van der Waals surface area contributed by atoms with E-state index in [1.54, 1.807) is 0 Å². The van der Waals surface area contributed by atoms with Gasteiger partial charge < -0.3 is 11.1 Å². The molecule has 3 unspecified atom stereocenters. The van der Waals surface area contributed by atoms with Crippen LogP contribution in [-0.2, 0) is 0 Å². The zero-order valence-corrected chi connectivity index (χ0v) is 13.0. The first-order valence-electron chi connectivity index (χ1n) is 6.61. The second-order valence-electron chi connectivity index (χ2n) is 6.52. The molecule has 0 bridgehead atoms. The molecule has 1 aliphatic rings. The summed E-state index contributed by atoms with van der Waals surface area (Å²) in [7, 11) is 0. The van der Waals surface area contributed by atoms with Crippen LogP contribution in [0.4, 0.5) is 0 Å². The van der Waals surface area contributed by atoms with E-state index in [0.29, 0.717) is 17.4 Å². The SMILES string of the molecule is CC(C)(C)CC1NCC(c2cccc(Br)c2)C1N. The second kappa shape index (κ2) is 5.32. The van der Waals surface area contributed by atoms with Gasteiger partial charge in [-0.1, -0.05) is 48.8 Å². The van der Waals surface area contributed by atoms with Crippen molar-refractivity contribution in [3.8, 4) is 0 Å². The molecule has 1 aromatic rings. The average molecular weight is 311 g/mol. The Kier molecular flexibility index (Phi) is 4.15. The van der Waals surface area contributed by atoms with E-state index >= 15 is 0 Å². The Hall–Kier alpha value is -0.380. The Morgan fingerprint density at radius 1 is 1.39 bits per heavy atom. The number of hydrogen-bond acceptors (Lipinski definition) is 2. The molecule has 3 N–H and O–H groups in total. The standard InChI is InChI=1S/C15H23BrN2/c1-15(2,3)8-13-14(17)12(9-18-13)10-5-4-6-11(16)7-10/h4-7,12-14,18H,8-9,17H2,1-3H3. The fraction of sp³-hybridized carbons (Fsp3) is 0.600. The van der Waals surface area contributed by atoms with Crippen molar-refractivity contribution in [2.24, 2.45) is 11.1 Å². The van der Waals surface area contributed by atoms with Crippen molar-refractivity contribution < 1.29 is 0 Å². The first kappa shape index (κ1) is 14.0. The largest absolute Gasteiger partial charge is 0.326 e. The Morgan fingerprint density at radius 3 is 2.72 bits per heavy atom. The van der Waals surface area contributed by atoms with Crippen molar-refractivity contribution in [1.82, 2.24) is 5.32 Å². The maximum atomic E-state index is 6.43. The summed E-state index contributed by atoms with van der Waals surface area (Å²) in [6.45, 7) is 7.80. The molecule has 18 heavy (non-hydrogen) atoms. The molecule has 2 nitrogen and oxygen atoms in total. The predicted molar refractivity (Wildman–Crippen MR) is 80.7 cm³/mol. The van der Waals surface area contributed by atoms with Crippen LogP contribution < -0.4 is 11.1 Å². The van der Waals surface area contributed by atoms with Gasteiger partial charge in [0.15, 0.2) is 0 Å². The summed E-state index contributed by atoms with van der Waals surface area (Å²) < 4.78 is 1.13. The van der Waals surface area contributed by atoms with Gasteiger partial charge in [-0.05, 0) is 29.5 Å². The van der Waals surface area contributed by atoms with Crippen molar-refractivity contribution in [3.05, 3.63) is 34.3 Å². The highest BCUT2D eigenvalue weighted by molar-refractivity contribution is 9.10. The molecule has 3 atom stereocenters. The minimum Gasteiger partial charge on any atom is -0.326 e. The van der Waals surface area contributed by atoms with Crippen molar-refractivity contribution in [3.63, 3.8) is 0 Å². The van der Waals surface area contributed by atoms with Gasteiger partial charge in [-0.2, -0.15) is 0 Å². The van der Waals surface area contributed by atoms with Gasteiger partial charge in [0, 0.05) is 29.0 Å². The van der Waals surface area contributed by atoms with Crippen molar-refractivity contribution >= 4 is 15.9 Å². The van der Waals surface area contributed by atoms with E-state index in [0.717, 1.165) is 17.4 Å². The van der Waals surface area contributed by atoms with Gasteiger partial charge in [-0.15, -0.1) is 0 Å². The van der Waals surface area contributed by atoms with Crippen LogP contribution in [0.1, 0.15) is 38.7 Å². The summed E-state index contributed by atoms with van der Waals surface area (Å²) >= 11 is 3.53. The molecule has 0 saturated carbocycles. The summed E-state index contributed by atoms with van der Waals surface area (Å²) in [6.07, 6.45) is 1.12. The van der Waals surface area contributed by atoms with Gasteiger partial charge in [0.05, 0.1) is 0 Å². The predicted octanol–water partition coefficient (Wildman–Crippen LogP) is 3.27. The molecule has 1 saturated heterocycles. The molecule has 100 valence electrons. The minimum absolute atomic E-state index is 0.207. The van der Waals surface area contributed by atoms with E-state index in [1.807, 2.05) is 0 Å². The minimum atomic E-state index is 0.207. The molecule has 3 heteroatoms. The summed E-state index contributed by atoms with van der Waals surface area (Å²) in [6, 6.07) is 9.14. The van der Waals surface area contributed by atoms with Crippen molar-refractivity contribution in [2.75, 3.05) is 6.54 Å². The lowest BCUT2D eigenvalue weighted by atomic mass is 9.83. The third kappa shape index (κ3) is 3.34. The lowest BCUT2D eigenvalue weighted by Gasteiger charge is -2.27. The van der Waals surface area contributed by atoms with E-state index in [-0.39, 0.29) is 6.04 Å². The van der Waals surface area contributed by atoms with Crippen LogP contribution in [0.5, 0.6) is 0 Å². The van der Waals surface area contributed by atoms with E-state index in [1.165, 1.54) is 5.56 Å². The molecule has 1 fully saturated rings. The zero-order valence-electron chi connectivity index (χ0n) is 11.4. The highest BCUT2D eigenvalue weighted by atomic mass is 79.9. The molecule has 1 heterocycles. The molecular weight excluding hydrogens is 288 g/mol. The molecule has 2 rings (SSSR count). The summed E-state index contributed by atoms with van der Waals surface area (Å²) in [5.41, 5.74) is 8.09. The molecule has 0 amide bonds. The zero-order chi connectivity index (χ0) is 13.3. The number of rotatable bonds is 2. The molecule has 0 radical (unpaired) electrons. The lowest BCUT2D eigenvalue weighted by molar-refractivity contribution is 0.310. The van der Waals surface area contributed by atoms with Gasteiger partial charge in [0.1, 0.15) is 0 Å². The molecule has 1 aromatic carbocycles. The molecule has 0 spiro atoms. The van der Waals surface area contributed by atoms with E-state index < -0.39 is 0 Å². The number of hydrogen-bond donors (Lipinski definition) is 2. The number of nitrogens with two attached hydrogens (primary N) is 1. The number of benzene rings is 1. The topological polar surface area (TPSA) is 38.0 Å². The highest BCUT2D eigenvalue weighted by Gasteiger charge is 2.35. The van der Waals surface area contributed by atoms with Crippen LogP contribution in [0.3, 0.4) is 0 Å². The molecule has 0 aromatic heterocycles. The third-order valence-corrected chi connectivity index (χ3v) is 4.13. The first-order valence-corrected chi connectivity index (χ1v) is 7.40. The fourth-order valence-corrected chi connectivity index (χ4v) is 3.19. The molecule has 1 aliphatic heterocycles. The van der Waals surface area contributed by atoms with Gasteiger partial charge in [-0.3, -0.25) is 0 Å². The second-order valence-corrected chi connectivity index (χ2v) is 7.43. The quantitative estimate of drug-likeness (QED) is 0.880. The Balaban J connectivity index is 2.09. The van der Waals surface area contributed by atoms with Crippen molar-refractivity contribution in [1.29, 1.82) is 0 Å². The van der Waals surface area contributed by atoms with E-state index in [4.69, 9.17) is 5.73 Å². The van der Waals surface area contributed by atoms with Gasteiger partial charge >= 0.3 is 0 Å². The Morgan fingerprint density at radius 2 is 2.11 bits per heavy atom. The van der Waals surface area contributed by atoms with Crippen molar-refractivity contribution in [2.45, 2.75) is 45.2 Å². The third-order valence-electron chi connectivity index (χ3n) is 3.64. The summed E-state index contributed by atoms with van der Waals surface area (Å²) in [5.74, 6) is 0.426. The maximum absolute atomic E-state index is 6.43. The van der Waals surface area contributed by atoms with Crippen LogP contribution in [-0.4, -0.2) is 18.6 Å². The smallest absolute Gasteiger partial charge is 0.0276 e. The monoisotopic (exact) mass is 310 g/mol. The van der Waals surface area contributed by atoms with Crippen LogP contribution in [0.2, 0.25) is 0 Å². The van der Waals surface area contributed by atoms with E-state index in [9.17, 15) is 0 Å². The van der Waals surface area contributed by atoms with Gasteiger partial charge in [0.25, 0.3) is 0 Å². The summed E-state index contributed by atoms with van der Waals surface area (Å²) in [5, 5.41) is 3.59.